The Labute approximate surface area is 208 Å². The van der Waals surface area contributed by atoms with Gasteiger partial charge in [0.15, 0.2) is 0 Å². The molecule has 4 heterocycles. The quantitative estimate of drug-likeness (QED) is 0.520. The van der Waals surface area contributed by atoms with Gasteiger partial charge >= 0.3 is 6.09 Å². The first-order chi connectivity index (χ1) is 16.9. The lowest BCUT2D eigenvalue weighted by atomic mass is 9.87. The Morgan fingerprint density at radius 2 is 1.80 bits per heavy atom. The Balaban J connectivity index is 1.37. The summed E-state index contributed by atoms with van der Waals surface area (Å²) in [5.41, 5.74) is 6.12. The molecule has 7 nitrogen and oxygen atoms in total. The van der Waals surface area contributed by atoms with E-state index in [2.05, 4.69) is 78.3 Å². The molecule has 2 aliphatic heterocycles. The monoisotopic (exact) mass is 475 g/mol. The zero-order chi connectivity index (χ0) is 24.6. The minimum Gasteiger partial charge on any atom is -0.450 e. The summed E-state index contributed by atoms with van der Waals surface area (Å²) in [7, 11) is 0. The lowest BCUT2D eigenvalue weighted by molar-refractivity contribution is 0.105. The van der Waals surface area contributed by atoms with Gasteiger partial charge in [-0.2, -0.15) is 5.10 Å². The molecule has 35 heavy (non-hydrogen) atoms. The van der Waals surface area contributed by atoms with Gasteiger partial charge in [0.1, 0.15) is 0 Å². The first-order valence-corrected chi connectivity index (χ1v) is 12.9. The predicted molar refractivity (Wildman–Crippen MR) is 140 cm³/mol. The van der Waals surface area contributed by atoms with Crippen LogP contribution >= 0.6 is 0 Å². The number of carbonyl (C=O) groups is 1. The van der Waals surface area contributed by atoms with E-state index in [1.165, 1.54) is 36.1 Å². The van der Waals surface area contributed by atoms with Crippen molar-refractivity contribution in [1.29, 1.82) is 0 Å². The molecule has 7 heteroatoms. The summed E-state index contributed by atoms with van der Waals surface area (Å²) >= 11 is 0. The summed E-state index contributed by atoms with van der Waals surface area (Å²) in [5, 5.41) is 4.57. The number of benzene rings is 1. The normalized spacial score (nSPS) is 21.3. The van der Waals surface area contributed by atoms with E-state index in [0.29, 0.717) is 25.7 Å². The summed E-state index contributed by atoms with van der Waals surface area (Å²) in [6.45, 7) is 13.3. The number of fused-ring (bicyclic) bond motifs is 1. The van der Waals surface area contributed by atoms with Crippen LogP contribution in [-0.4, -0.2) is 70.9 Å². The van der Waals surface area contributed by atoms with Crippen LogP contribution in [0.1, 0.15) is 46.1 Å². The van der Waals surface area contributed by atoms with Gasteiger partial charge in [-0.15, -0.1) is 0 Å². The van der Waals surface area contributed by atoms with E-state index in [4.69, 9.17) is 4.74 Å². The smallest absolute Gasteiger partial charge is 0.409 e. The summed E-state index contributed by atoms with van der Waals surface area (Å²) < 4.78 is 7.13. The second-order valence-corrected chi connectivity index (χ2v) is 10.2. The van der Waals surface area contributed by atoms with Gasteiger partial charge in [-0.05, 0) is 70.3 Å². The molecule has 5 rings (SSSR count). The van der Waals surface area contributed by atoms with Crippen molar-refractivity contribution in [3.63, 3.8) is 0 Å². The molecule has 1 atom stereocenters. The molecular weight excluding hydrogens is 438 g/mol. The molecule has 2 saturated heterocycles. The average molecular weight is 476 g/mol. The Morgan fingerprint density at radius 1 is 1.06 bits per heavy atom. The number of amides is 1. The van der Waals surface area contributed by atoms with E-state index in [9.17, 15) is 4.79 Å². The second-order valence-electron chi connectivity index (χ2n) is 10.2. The highest BCUT2D eigenvalue weighted by atomic mass is 16.6. The molecule has 0 unspecified atom stereocenters. The lowest BCUT2D eigenvalue weighted by Gasteiger charge is -2.38. The van der Waals surface area contributed by atoms with Gasteiger partial charge in [-0.1, -0.05) is 24.3 Å². The number of likely N-dealkylation sites (tertiary alicyclic amines) is 1. The van der Waals surface area contributed by atoms with E-state index < -0.39 is 0 Å². The maximum absolute atomic E-state index is 12.1. The van der Waals surface area contributed by atoms with Crippen LogP contribution in [0.4, 0.5) is 10.5 Å². The number of ether oxygens (including phenoxy) is 1. The van der Waals surface area contributed by atoms with Crippen LogP contribution in [0, 0.1) is 0 Å². The van der Waals surface area contributed by atoms with Crippen LogP contribution in [0.15, 0.2) is 48.8 Å². The number of piperazine rings is 1. The third kappa shape index (κ3) is 4.38. The molecule has 3 aromatic rings. The van der Waals surface area contributed by atoms with E-state index >= 15 is 0 Å². The maximum Gasteiger partial charge on any atom is 0.409 e. The van der Waals surface area contributed by atoms with E-state index in [1.807, 2.05) is 17.6 Å². The SMILES string of the molecule is CCOC(=O)N1CCN(c2ccnn3cc(-c4ccc([C@@]5(C)CCCN5C(C)C)cc4)cc23)CC1. The molecule has 1 aromatic carbocycles. The maximum atomic E-state index is 12.1. The van der Waals surface area contributed by atoms with Crippen molar-refractivity contribution in [2.24, 2.45) is 0 Å². The Kier molecular flexibility index (Phi) is 6.45. The number of nitrogens with zero attached hydrogens (tertiary/aromatic N) is 5. The van der Waals surface area contributed by atoms with E-state index in [1.54, 1.807) is 4.90 Å². The van der Waals surface area contributed by atoms with Crippen molar-refractivity contribution in [1.82, 2.24) is 19.4 Å². The molecular formula is C28H37N5O2. The Bertz CT molecular complexity index is 1180. The summed E-state index contributed by atoms with van der Waals surface area (Å²) in [5.74, 6) is 0. The fourth-order valence-electron chi connectivity index (χ4n) is 5.91. The molecule has 2 aliphatic rings. The number of hydrogen-bond acceptors (Lipinski definition) is 5. The van der Waals surface area contributed by atoms with Crippen LogP contribution in [0.3, 0.4) is 0 Å². The minimum atomic E-state index is -0.219. The number of carbonyl (C=O) groups excluding carboxylic acids is 1. The first kappa shape index (κ1) is 23.7. The molecule has 186 valence electrons. The van der Waals surface area contributed by atoms with E-state index in [-0.39, 0.29) is 11.6 Å². The van der Waals surface area contributed by atoms with Gasteiger partial charge in [-0.25, -0.2) is 9.31 Å². The Morgan fingerprint density at radius 3 is 2.49 bits per heavy atom. The Hall–Kier alpha value is -3.06. The number of anilines is 1. The largest absolute Gasteiger partial charge is 0.450 e. The number of aromatic nitrogens is 2. The predicted octanol–water partition coefficient (Wildman–Crippen LogP) is 5.00. The van der Waals surface area contributed by atoms with Crippen molar-refractivity contribution in [3.8, 4) is 11.1 Å². The van der Waals surface area contributed by atoms with Crippen molar-refractivity contribution in [2.45, 2.75) is 52.1 Å². The van der Waals surface area contributed by atoms with Crippen LogP contribution in [0.2, 0.25) is 0 Å². The van der Waals surface area contributed by atoms with Gasteiger partial charge in [-0.3, -0.25) is 4.90 Å². The molecule has 2 fully saturated rings. The second kappa shape index (κ2) is 9.53. The zero-order valence-corrected chi connectivity index (χ0v) is 21.4. The van der Waals surface area contributed by atoms with Gasteiger partial charge in [0, 0.05) is 55.7 Å². The molecule has 0 aliphatic carbocycles. The molecule has 0 spiro atoms. The average Bonchev–Trinajstić information content (AvgIpc) is 3.49. The zero-order valence-electron chi connectivity index (χ0n) is 21.4. The van der Waals surface area contributed by atoms with Crippen molar-refractivity contribution in [3.05, 3.63) is 54.4 Å². The molecule has 0 radical (unpaired) electrons. The number of rotatable bonds is 5. The number of hydrogen-bond donors (Lipinski definition) is 0. The topological polar surface area (TPSA) is 53.3 Å². The van der Waals surface area contributed by atoms with Gasteiger partial charge in [0.2, 0.25) is 0 Å². The molecule has 0 bridgehead atoms. The molecule has 1 amide bonds. The van der Waals surface area contributed by atoms with Crippen molar-refractivity contribution >= 4 is 17.3 Å². The fraction of sp³-hybridized carbons (Fsp3) is 0.500. The minimum absolute atomic E-state index is 0.110. The third-order valence-corrected chi connectivity index (χ3v) is 7.79. The summed E-state index contributed by atoms with van der Waals surface area (Å²) in [6.07, 6.45) is 6.21. The van der Waals surface area contributed by atoms with Gasteiger partial charge in [0.25, 0.3) is 0 Å². The summed E-state index contributed by atoms with van der Waals surface area (Å²) in [4.78, 5) is 18.8. The van der Waals surface area contributed by atoms with Crippen LogP contribution in [0.25, 0.3) is 16.6 Å². The van der Waals surface area contributed by atoms with Gasteiger partial charge in [0.05, 0.1) is 17.8 Å². The van der Waals surface area contributed by atoms with Crippen LogP contribution in [-0.2, 0) is 10.3 Å². The highest BCUT2D eigenvalue weighted by Gasteiger charge is 2.39. The van der Waals surface area contributed by atoms with Crippen molar-refractivity contribution in [2.75, 3.05) is 44.2 Å². The third-order valence-electron chi connectivity index (χ3n) is 7.79. The molecule has 2 aromatic heterocycles. The highest BCUT2D eigenvalue weighted by molar-refractivity contribution is 5.80. The van der Waals surface area contributed by atoms with Crippen molar-refractivity contribution < 1.29 is 9.53 Å². The lowest BCUT2D eigenvalue weighted by Crippen LogP contribution is -2.49. The van der Waals surface area contributed by atoms with Crippen LogP contribution in [0.5, 0.6) is 0 Å². The van der Waals surface area contributed by atoms with E-state index in [0.717, 1.165) is 24.3 Å². The molecule has 0 N–H and O–H groups in total. The highest BCUT2D eigenvalue weighted by Crippen LogP contribution is 2.40. The standard InChI is InChI=1S/C28H37N5O2/c1-5-35-27(34)31-17-15-30(16-18-31)25-11-13-29-33-20-23(19-26(25)33)22-7-9-24(10-8-22)28(4)12-6-14-32(28)21(2)3/h7-11,13,19-21H,5-6,12,14-18H2,1-4H3/t28-/m1/s1. The van der Waals surface area contributed by atoms with Crippen LogP contribution < -0.4 is 4.90 Å². The first-order valence-electron chi connectivity index (χ1n) is 12.9. The molecule has 0 saturated carbocycles. The fourth-order valence-corrected chi connectivity index (χ4v) is 5.91. The van der Waals surface area contributed by atoms with Gasteiger partial charge < -0.3 is 14.5 Å². The summed E-state index contributed by atoms with van der Waals surface area (Å²) in [6, 6.07) is 14.0.